The maximum Gasteiger partial charge on any atom is 0.0406 e. The van der Waals surface area contributed by atoms with Crippen molar-refractivity contribution in [1.82, 2.24) is 5.32 Å². The molecule has 1 aromatic carbocycles. The Labute approximate surface area is 104 Å². The van der Waals surface area contributed by atoms with Gasteiger partial charge in [-0.2, -0.15) is 0 Å². The molecule has 0 aliphatic heterocycles. The second-order valence-electron chi connectivity index (χ2n) is 4.35. The second kappa shape index (κ2) is 6.93. The fraction of sp³-hybridized carbons (Fsp3) is 0.571. The minimum absolute atomic E-state index is 0.575. The molecule has 2 atom stereocenters. The molecule has 1 N–H and O–H groups in total. The van der Waals surface area contributed by atoms with E-state index in [1.165, 1.54) is 12.0 Å². The third-order valence-electron chi connectivity index (χ3n) is 3.17. The van der Waals surface area contributed by atoms with Crippen LogP contribution in [0.1, 0.15) is 32.8 Å². The summed E-state index contributed by atoms with van der Waals surface area (Å²) in [6.45, 7) is 7.73. The average molecular weight is 240 g/mol. The number of halogens is 1. The first-order valence-electron chi connectivity index (χ1n) is 6.15. The highest BCUT2D eigenvalue weighted by molar-refractivity contribution is 6.30. The van der Waals surface area contributed by atoms with E-state index < -0.39 is 0 Å². The molecule has 0 bridgehead atoms. The first-order valence-corrected chi connectivity index (χ1v) is 6.53. The normalized spacial score (nSPS) is 14.8. The van der Waals surface area contributed by atoms with Crippen LogP contribution in [0.25, 0.3) is 0 Å². The molecule has 1 aromatic rings. The van der Waals surface area contributed by atoms with Crippen molar-refractivity contribution < 1.29 is 0 Å². The van der Waals surface area contributed by atoms with Crippen molar-refractivity contribution in [2.75, 3.05) is 6.54 Å². The van der Waals surface area contributed by atoms with Crippen LogP contribution >= 0.6 is 11.6 Å². The molecule has 0 aromatic heterocycles. The Morgan fingerprint density at radius 1 is 1.19 bits per heavy atom. The first kappa shape index (κ1) is 13.5. The maximum atomic E-state index is 5.88. The van der Waals surface area contributed by atoms with Crippen LogP contribution in [-0.2, 0) is 6.42 Å². The van der Waals surface area contributed by atoms with Gasteiger partial charge in [-0.1, -0.05) is 44.0 Å². The molecule has 0 radical (unpaired) electrons. The van der Waals surface area contributed by atoms with E-state index in [9.17, 15) is 0 Å². The Balaban J connectivity index is 2.59. The van der Waals surface area contributed by atoms with E-state index in [2.05, 4.69) is 38.2 Å². The number of hydrogen-bond acceptors (Lipinski definition) is 1. The third-order valence-corrected chi connectivity index (χ3v) is 3.42. The van der Waals surface area contributed by atoms with Crippen LogP contribution in [0.3, 0.4) is 0 Å². The summed E-state index contributed by atoms with van der Waals surface area (Å²) in [5.41, 5.74) is 1.38. The van der Waals surface area contributed by atoms with Gasteiger partial charge in [-0.3, -0.25) is 0 Å². The molecule has 0 saturated heterocycles. The number of hydrogen-bond donors (Lipinski definition) is 1. The summed E-state index contributed by atoms with van der Waals surface area (Å²) in [5, 5.41) is 4.32. The lowest BCUT2D eigenvalue weighted by molar-refractivity contribution is 0.368. The van der Waals surface area contributed by atoms with Gasteiger partial charge in [-0.15, -0.1) is 0 Å². The molecule has 1 nitrogen and oxygen atoms in total. The highest BCUT2D eigenvalue weighted by Gasteiger charge is 2.14. The van der Waals surface area contributed by atoms with Crippen LogP contribution in [0.2, 0.25) is 5.02 Å². The van der Waals surface area contributed by atoms with E-state index in [1.807, 2.05) is 12.1 Å². The zero-order chi connectivity index (χ0) is 12.0. The van der Waals surface area contributed by atoms with Gasteiger partial charge in [0, 0.05) is 11.1 Å². The number of rotatable bonds is 6. The topological polar surface area (TPSA) is 12.0 Å². The molecule has 0 aliphatic carbocycles. The fourth-order valence-corrected chi connectivity index (χ4v) is 2.21. The van der Waals surface area contributed by atoms with Crippen molar-refractivity contribution >= 4 is 11.6 Å². The van der Waals surface area contributed by atoms with Gasteiger partial charge in [-0.05, 0) is 43.5 Å². The highest BCUT2D eigenvalue weighted by Crippen LogP contribution is 2.18. The average Bonchev–Trinajstić information content (AvgIpc) is 2.28. The van der Waals surface area contributed by atoms with Gasteiger partial charge in [-0.25, -0.2) is 0 Å². The summed E-state index contributed by atoms with van der Waals surface area (Å²) in [7, 11) is 0. The van der Waals surface area contributed by atoms with Crippen LogP contribution in [0, 0.1) is 5.92 Å². The molecular formula is C14H22ClN. The van der Waals surface area contributed by atoms with Crippen LogP contribution in [-0.4, -0.2) is 12.6 Å². The van der Waals surface area contributed by atoms with Gasteiger partial charge in [0.1, 0.15) is 0 Å². The smallest absolute Gasteiger partial charge is 0.0406 e. The lowest BCUT2D eigenvalue weighted by atomic mass is 9.91. The second-order valence-corrected chi connectivity index (χ2v) is 4.78. The van der Waals surface area contributed by atoms with Gasteiger partial charge < -0.3 is 5.32 Å². The van der Waals surface area contributed by atoms with E-state index in [1.54, 1.807) is 0 Å². The maximum absolute atomic E-state index is 5.88. The Hall–Kier alpha value is -0.530. The summed E-state index contributed by atoms with van der Waals surface area (Å²) in [6.07, 6.45) is 2.33. The molecule has 2 unspecified atom stereocenters. The Bertz CT molecular complexity index is 294. The predicted molar refractivity (Wildman–Crippen MR) is 72.1 cm³/mol. The van der Waals surface area contributed by atoms with Crippen molar-refractivity contribution in [2.24, 2.45) is 5.92 Å². The van der Waals surface area contributed by atoms with E-state index in [0.717, 1.165) is 18.0 Å². The molecular weight excluding hydrogens is 218 g/mol. The zero-order valence-corrected chi connectivity index (χ0v) is 11.2. The number of nitrogens with one attached hydrogen (secondary N) is 1. The summed E-state index contributed by atoms with van der Waals surface area (Å²) < 4.78 is 0. The van der Waals surface area contributed by atoms with Crippen molar-refractivity contribution in [3.8, 4) is 0 Å². The molecule has 90 valence electrons. The third kappa shape index (κ3) is 4.15. The minimum atomic E-state index is 0.575. The van der Waals surface area contributed by atoms with Gasteiger partial charge in [0.15, 0.2) is 0 Å². The van der Waals surface area contributed by atoms with Gasteiger partial charge in [0.05, 0.1) is 0 Å². The van der Waals surface area contributed by atoms with E-state index >= 15 is 0 Å². The molecule has 2 heteroatoms. The van der Waals surface area contributed by atoms with Crippen LogP contribution in [0.15, 0.2) is 24.3 Å². The van der Waals surface area contributed by atoms with Gasteiger partial charge in [0.25, 0.3) is 0 Å². The van der Waals surface area contributed by atoms with Crippen molar-refractivity contribution in [2.45, 2.75) is 39.7 Å². The zero-order valence-electron chi connectivity index (χ0n) is 10.5. The van der Waals surface area contributed by atoms with E-state index in [4.69, 9.17) is 11.6 Å². The molecule has 0 amide bonds. The Morgan fingerprint density at radius 3 is 2.31 bits per heavy atom. The number of benzene rings is 1. The van der Waals surface area contributed by atoms with Crippen LogP contribution in [0.4, 0.5) is 0 Å². The van der Waals surface area contributed by atoms with E-state index in [0.29, 0.717) is 12.0 Å². The van der Waals surface area contributed by atoms with Crippen molar-refractivity contribution in [3.05, 3.63) is 34.9 Å². The fourth-order valence-electron chi connectivity index (χ4n) is 2.09. The molecule has 1 rings (SSSR count). The molecule has 16 heavy (non-hydrogen) atoms. The lowest BCUT2D eigenvalue weighted by Gasteiger charge is -2.23. The van der Waals surface area contributed by atoms with E-state index in [-0.39, 0.29) is 0 Å². The standard InChI is InChI=1S/C14H22ClN/c1-4-13(11(3)16-5-2)10-12-6-8-14(15)9-7-12/h6-9,11,13,16H,4-5,10H2,1-3H3. The summed E-state index contributed by atoms with van der Waals surface area (Å²) >= 11 is 5.88. The Kier molecular flexibility index (Phi) is 5.86. The molecule has 0 spiro atoms. The lowest BCUT2D eigenvalue weighted by Crippen LogP contribution is -2.34. The molecule has 0 heterocycles. The van der Waals surface area contributed by atoms with Crippen molar-refractivity contribution in [3.63, 3.8) is 0 Å². The summed E-state index contributed by atoms with van der Waals surface area (Å²) in [6, 6.07) is 8.78. The monoisotopic (exact) mass is 239 g/mol. The molecule has 0 aliphatic rings. The predicted octanol–water partition coefficient (Wildman–Crippen LogP) is 3.91. The first-order chi connectivity index (χ1) is 7.67. The molecule has 0 saturated carbocycles. The minimum Gasteiger partial charge on any atom is -0.314 e. The van der Waals surface area contributed by atoms with Gasteiger partial charge in [0.2, 0.25) is 0 Å². The SMILES string of the molecule is CCNC(C)C(CC)Cc1ccc(Cl)cc1. The highest BCUT2D eigenvalue weighted by atomic mass is 35.5. The Morgan fingerprint density at radius 2 is 1.81 bits per heavy atom. The van der Waals surface area contributed by atoms with Crippen LogP contribution < -0.4 is 5.32 Å². The largest absolute Gasteiger partial charge is 0.314 e. The van der Waals surface area contributed by atoms with Gasteiger partial charge >= 0.3 is 0 Å². The van der Waals surface area contributed by atoms with Crippen molar-refractivity contribution in [1.29, 1.82) is 0 Å². The molecule has 0 fully saturated rings. The summed E-state index contributed by atoms with van der Waals surface area (Å²) in [4.78, 5) is 0. The van der Waals surface area contributed by atoms with Crippen LogP contribution in [0.5, 0.6) is 0 Å². The summed E-state index contributed by atoms with van der Waals surface area (Å²) in [5.74, 6) is 0.695. The quantitative estimate of drug-likeness (QED) is 0.794.